The fourth-order valence-electron chi connectivity index (χ4n) is 2.78. The number of carbonyl (C=O) groups is 2. The fourth-order valence-corrected chi connectivity index (χ4v) is 2.78. The maximum Gasteiger partial charge on any atom is 0.326 e. The van der Waals surface area contributed by atoms with Gasteiger partial charge in [0, 0.05) is 32.2 Å². The molecule has 0 spiro atoms. The maximum absolute atomic E-state index is 12.1. The van der Waals surface area contributed by atoms with Gasteiger partial charge < -0.3 is 20.1 Å². The zero-order valence-electron chi connectivity index (χ0n) is 11.9. The number of nitrogens with one attached hydrogen (secondary N) is 1. The van der Waals surface area contributed by atoms with Crippen LogP contribution in [0.4, 0.5) is 4.79 Å². The lowest BCUT2D eigenvalue weighted by Crippen LogP contribution is -2.52. The zero-order valence-corrected chi connectivity index (χ0v) is 11.9. The molecule has 2 N–H and O–H groups in total. The van der Waals surface area contributed by atoms with E-state index in [1.807, 2.05) is 6.92 Å². The summed E-state index contributed by atoms with van der Waals surface area (Å²) in [6, 6.07) is -0.947. The molecule has 7 heteroatoms. The summed E-state index contributed by atoms with van der Waals surface area (Å²) in [5.74, 6) is -0.918. The van der Waals surface area contributed by atoms with Gasteiger partial charge in [-0.2, -0.15) is 0 Å². The minimum absolute atomic E-state index is 0.00403. The molecule has 7 nitrogen and oxygen atoms in total. The third kappa shape index (κ3) is 3.83. The number of carboxylic acid groups (broad SMARTS) is 1. The monoisotopic (exact) mass is 285 g/mol. The van der Waals surface area contributed by atoms with Gasteiger partial charge in [0.1, 0.15) is 6.04 Å². The second-order valence-corrected chi connectivity index (χ2v) is 5.45. The summed E-state index contributed by atoms with van der Waals surface area (Å²) in [5.41, 5.74) is 0. The largest absolute Gasteiger partial charge is 0.480 e. The molecule has 2 aliphatic rings. The number of aliphatic carboxylic acids is 1. The Hall–Kier alpha value is -1.34. The van der Waals surface area contributed by atoms with Gasteiger partial charge >= 0.3 is 12.0 Å². The number of amides is 2. The summed E-state index contributed by atoms with van der Waals surface area (Å²) in [7, 11) is 0. The smallest absolute Gasteiger partial charge is 0.326 e. The van der Waals surface area contributed by atoms with Crippen molar-refractivity contribution in [2.75, 3.05) is 39.4 Å². The Balaban J connectivity index is 1.79. The van der Waals surface area contributed by atoms with Crippen LogP contribution in [0.1, 0.15) is 19.8 Å². The number of hydrogen-bond acceptors (Lipinski definition) is 4. The number of morpholine rings is 1. The Bertz CT molecular complexity index is 358. The number of carboxylic acids is 1. The topological polar surface area (TPSA) is 82.1 Å². The van der Waals surface area contributed by atoms with E-state index in [4.69, 9.17) is 9.84 Å². The normalized spacial score (nSPS) is 25.4. The van der Waals surface area contributed by atoms with Gasteiger partial charge in [-0.15, -0.1) is 0 Å². The molecule has 0 aliphatic carbocycles. The Morgan fingerprint density at radius 1 is 1.35 bits per heavy atom. The highest BCUT2D eigenvalue weighted by Gasteiger charge is 2.34. The number of likely N-dealkylation sites (tertiary alicyclic amines) is 1. The lowest BCUT2D eigenvalue weighted by atomic mass is 10.2. The van der Waals surface area contributed by atoms with Crippen molar-refractivity contribution in [1.82, 2.24) is 15.1 Å². The van der Waals surface area contributed by atoms with E-state index >= 15 is 0 Å². The number of nitrogens with zero attached hydrogens (tertiary/aromatic N) is 2. The minimum atomic E-state index is -0.918. The van der Waals surface area contributed by atoms with Crippen LogP contribution >= 0.6 is 0 Å². The molecular formula is C13H23N3O4. The number of rotatable bonds is 4. The van der Waals surface area contributed by atoms with Crippen LogP contribution in [-0.2, 0) is 9.53 Å². The van der Waals surface area contributed by atoms with Crippen LogP contribution in [0, 0.1) is 0 Å². The van der Waals surface area contributed by atoms with Crippen molar-refractivity contribution < 1.29 is 19.4 Å². The van der Waals surface area contributed by atoms with Crippen LogP contribution < -0.4 is 5.32 Å². The molecule has 0 aromatic carbocycles. The van der Waals surface area contributed by atoms with E-state index in [1.54, 1.807) is 0 Å². The Labute approximate surface area is 118 Å². The van der Waals surface area contributed by atoms with Crippen LogP contribution in [0.2, 0.25) is 0 Å². The molecule has 0 aromatic heterocycles. The fraction of sp³-hybridized carbons (Fsp3) is 0.846. The molecule has 2 fully saturated rings. The van der Waals surface area contributed by atoms with Crippen molar-refractivity contribution in [3.05, 3.63) is 0 Å². The molecule has 20 heavy (non-hydrogen) atoms. The molecule has 2 amide bonds. The SMILES string of the molecule is CC(CN1CCOCC1)NC(=O)N1CCC[C@H]1C(=O)O. The first kappa shape index (κ1) is 15.1. The van der Waals surface area contributed by atoms with Gasteiger partial charge in [0.2, 0.25) is 0 Å². The maximum atomic E-state index is 12.1. The average Bonchev–Trinajstić information content (AvgIpc) is 2.89. The molecule has 0 bridgehead atoms. The first-order valence-electron chi connectivity index (χ1n) is 7.18. The van der Waals surface area contributed by atoms with Crippen molar-refractivity contribution in [2.45, 2.75) is 31.8 Å². The summed E-state index contributed by atoms with van der Waals surface area (Å²) in [4.78, 5) is 26.9. The molecule has 114 valence electrons. The molecular weight excluding hydrogens is 262 g/mol. The summed E-state index contributed by atoms with van der Waals surface area (Å²) in [6.45, 7) is 6.44. The first-order chi connectivity index (χ1) is 9.58. The molecule has 2 aliphatic heterocycles. The van der Waals surface area contributed by atoms with Crippen LogP contribution in [0.5, 0.6) is 0 Å². The highest BCUT2D eigenvalue weighted by Crippen LogP contribution is 2.17. The number of hydrogen-bond donors (Lipinski definition) is 2. The van der Waals surface area contributed by atoms with Crippen molar-refractivity contribution in [3.8, 4) is 0 Å². The highest BCUT2D eigenvalue weighted by molar-refractivity contribution is 5.83. The molecule has 2 rings (SSSR count). The van der Waals surface area contributed by atoms with Crippen LogP contribution in [0.25, 0.3) is 0 Å². The van der Waals surface area contributed by atoms with E-state index in [2.05, 4.69) is 10.2 Å². The lowest BCUT2D eigenvalue weighted by Gasteiger charge is -2.30. The van der Waals surface area contributed by atoms with Gasteiger partial charge in [0.15, 0.2) is 0 Å². The van der Waals surface area contributed by atoms with Crippen LogP contribution in [0.15, 0.2) is 0 Å². The third-order valence-electron chi connectivity index (χ3n) is 3.80. The molecule has 2 heterocycles. The molecule has 2 atom stereocenters. The number of ether oxygens (including phenoxy) is 1. The van der Waals surface area contributed by atoms with Gasteiger partial charge in [-0.1, -0.05) is 0 Å². The highest BCUT2D eigenvalue weighted by atomic mass is 16.5. The third-order valence-corrected chi connectivity index (χ3v) is 3.80. The summed E-state index contributed by atoms with van der Waals surface area (Å²) in [6.07, 6.45) is 1.29. The van der Waals surface area contributed by atoms with Crippen molar-refractivity contribution >= 4 is 12.0 Å². The quantitative estimate of drug-likeness (QED) is 0.758. The average molecular weight is 285 g/mol. The van der Waals surface area contributed by atoms with E-state index in [1.165, 1.54) is 4.90 Å². The standard InChI is InChI=1S/C13H23N3O4/c1-10(9-15-5-7-20-8-6-15)14-13(19)16-4-2-3-11(16)12(17)18/h10-11H,2-9H2,1H3,(H,14,19)(H,17,18)/t10?,11-/m0/s1. The van der Waals surface area contributed by atoms with Gasteiger partial charge in [-0.25, -0.2) is 9.59 Å². The Morgan fingerprint density at radius 3 is 2.70 bits per heavy atom. The summed E-state index contributed by atoms with van der Waals surface area (Å²) < 4.78 is 5.28. The zero-order chi connectivity index (χ0) is 14.5. The molecule has 2 saturated heterocycles. The van der Waals surface area contributed by atoms with Crippen LogP contribution in [0.3, 0.4) is 0 Å². The predicted octanol–water partition coefficient (Wildman–Crippen LogP) is -0.0343. The Kier molecular flexibility index (Phi) is 5.19. The van der Waals surface area contributed by atoms with Crippen molar-refractivity contribution in [3.63, 3.8) is 0 Å². The van der Waals surface area contributed by atoms with E-state index in [-0.39, 0.29) is 12.1 Å². The van der Waals surface area contributed by atoms with E-state index in [0.29, 0.717) is 13.0 Å². The predicted molar refractivity (Wildman–Crippen MR) is 72.6 cm³/mol. The van der Waals surface area contributed by atoms with Gasteiger partial charge in [-0.05, 0) is 19.8 Å². The molecule has 1 unspecified atom stereocenters. The van der Waals surface area contributed by atoms with Crippen LogP contribution in [-0.4, -0.2) is 78.4 Å². The first-order valence-corrected chi connectivity index (χ1v) is 7.18. The molecule has 0 aromatic rings. The van der Waals surface area contributed by atoms with Gasteiger partial charge in [-0.3, -0.25) is 4.90 Å². The van der Waals surface area contributed by atoms with Crippen molar-refractivity contribution in [1.29, 1.82) is 0 Å². The number of carbonyl (C=O) groups excluding carboxylic acids is 1. The summed E-state index contributed by atoms with van der Waals surface area (Å²) >= 11 is 0. The van der Waals surface area contributed by atoms with Crippen molar-refractivity contribution in [2.24, 2.45) is 0 Å². The van der Waals surface area contributed by atoms with E-state index in [0.717, 1.165) is 39.3 Å². The lowest BCUT2D eigenvalue weighted by molar-refractivity contribution is -0.141. The second-order valence-electron chi connectivity index (χ2n) is 5.45. The van der Waals surface area contributed by atoms with E-state index in [9.17, 15) is 9.59 Å². The molecule has 0 radical (unpaired) electrons. The van der Waals surface area contributed by atoms with Gasteiger partial charge in [0.05, 0.1) is 13.2 Å². The molecule has 0 saturated carbocycles. The number of urea groups is 1. The summed E-state index contributed by atoms with van der Waals surface area (Å²) in [5, 5.41) is 12.0. The second kappa shape index (κ2) is 6.90. The van der Waals surface area contributed by atoms with Gasteiger partial charge in [0.25, 0.3) is 0 Å². The minimum Gasteiger partial charge on any atom is -0.480 e. The van der Waals surface area contributed by atoms with E-state index < -0.39 is 12.0 Å². The Morgan fingerprint density at radius 2 is 2.05 bits per heavy atom.